The number of aryl methyl sites for hydroxylation is 1. The highest BCUT2D eigenvalue weighted by Crippen LogP contribution is 2.23. The van der Waals surface area contributed by atoms with Crippen molar-refractivity contribution in [2.24, 2.45) is 14.1 Å². The summed E-state index contributed by atoms with van der Waals surface area (Å²) >= 11 is 0. The normalized spacial score (nSPS) is 11.2. The molecule has 3 rings (SSSR count). The van der Waals surface area contributed by atoms with Gasteiger partial charge in [0.15, 0.2) is 0 Å². The van der Waals surface area contributed by atoms with E-state index < -0.39 is 11.2 Å². The lowest BCUT2D eigenvalue weighted by molar-refractivity contribution is -0.114. The van der Waals surface area contributed by atoms with E-state index in [1.54, 1.807) is 31.2 Å². The molecule has 0 radical (unpaired) electrons. The molecule has 2 aromatic carbocycles. The van der Waals surface area contributed by atoms with E-state index in [2.05, 4.69) is 26.0 Å². The minimum Gasteiger partial charge on any atom is -0.497 e. The summed E-state index contributed by atoms with van der Waals surface area (Å²) in [6.45, 7) is 4.63. The van der Waals surface area contributed by atoms with Gasteiger partial charge in [-0.3, -0.25) is 14.2 Å². The first-order valence-electron chi connectivity index (χ1n) is 10.7. The predicted molar refractivity (Wildman–Crippen MR) is 131 cm³/mol. The highest BCUT2D eigenvalue weighted by Gasteiger charge is 2.15. The number of anilines is 1. The minimum absolute atomic E-state index is 0.254. The van der Waals surface area contributed by atoms with E-state index >= 15 is 0 Å². The Morgan fingerprint density at radius 3 is 2.24 bits per heavy atom. The standard InChI is InChI=1S/C26H29N3O4/c1-18(2)20-8-6-19(7-9-20)16-29(22-11-13-23(33-5)14-12-22)24(30)15-10-21-17-27(3)26(32)28(4)25(21)31/h6-15,17-18H,16H2,1-5H3/b15-10+. The second-order valence-electron chi connectivity index (χ2n) is 8.19. The molecule has 0 unspecified atom stereocenters. The Balaban J connectivity index is 1.94. The Hall–Kier alpha value is -3.87. The van der Waals surface area contributed by atoms with Gasteiger partial charge < -0.3 is 14.2 Å². The molecule has 0 aliphatic rings. The van der Waals surface area contributed by atoms with Crippen molar-refractivity contribution in [3.05, 3.63) is 98.3 Å². The first-order chi connectivity index (χ1) is 15.7. The monoisotopic (exact) mass is 447 g/mol. The van der Waals surface area contributed by atoms with Gasteiger partial charge in [-0.25, -0.2) is 4.79 Å². The number of hydrogen-bond donors (Lipinski definition) is 0. The number of methoxy groups -OCH3 is 1. The van der Waals surface area contributed by atoms with Gasteiger partial charge in [-0.15, -0.1) is 0 Å². The van der Waals surface area contributed by atoms with Crippen LogP contribution in [-0.2, 0) is 25.4 Å². The van der Waals surface area contributed by atoms with Crippen LogP contribution in [0.4, 0.5) is 5.69 Å². The maximum absolute atomic E-state index is 13.2. The molecular formula is C26H29N3O4. The molecule has 0 aliphatic heterocycles. The number of hydrogen-bond acceptors (Lipinski definition) is 4. The fraction of sp³-hybridized carbons (Fsp3) is 0.269. The van der Waals surface area contributed by atoms with Crippen LogP contribution >= 0.6 is 0 Å². The largest absolute Gasteiger partial charge is 0.497 e. The van der Waals surface area contributed by atoms with Crippen molar-refractivity contribution in [3.8, 4) is 5.75 Å². The molecule has 0 aliphatic carbocycles. The minimum atomic E-state index is -0.456. The summed E-state index contributed by atoms with van der Waals surface area (Å²) in [6, 6.07) is 15.4. The molecule has 1 aromatic heterocycles. The number of carbonyl (C=O) groups excluding carboxylic acids is 1. The number of amides is 1. The molecule has 3 aromatic rings. The smallest absolute Gasteiger partial charge is 0.330 e. The van der Waals surface area contributed by atoms with Crippen LogP contribution in [0.25, 0.3) is 6.08 Å². The van der Waals surface area contributed by atoms with Crippen LogP contribution in [-0.4, -0.2) is 22.2 Å². The Labute approximate surface area is 193 Å². The molecule has 0 fully saturated rings. The highest BCUT2D eigenvalue weighted by atomic mass is 16.5. The lowest BCUT2D eigenvalue weighted by Gasteiger charge is -2.22. The fourth-order valence-corrected chi connectivity index (χ4v) is 3.45. The molecule has 7 heteroatoms. The molecule has 1 heterocycles. The summed E-state index contributed by atoms with van der Waals surface area (Å²) in [4.78, 5) is 39.2. The molecule has 7 nitrogen and oxygen atoms in total. The molecule has 0 saturated heterocycles. The Bertz CT molecular complexity index is 1270. The average molecular weight is 448 g/mol. The number of nitrogens with zero attached hydrogens (tertiary/aromatic N) is 3. The molecule has 0 atom stereocenters. The number of ether oxygens (including phenoxy) is 1. The maximum atomic E-state index is 13.2. The van der Waals surface area contributed by atoms with Crippen molar-refractivity contribution in [1.82, 2.24) is 9.13 Å². The zero-order chi connectivity index (χ0) is 24.1. The second-order valence-corrected chi connectivity index (χ2v) is 8.19. The lowest BCUT2D eigenvalue weighted by atomic mass is 10.0. The van der Waals surface area contributed by atoms with Gasteiger partial charge >= 0.3 is 5.69 Å². The number of benzene rings is 2. The summed E-state index contributed by atoms with van der Waals surface area (Å²) < 4.78 is 7.56. The predicted octanol–water partition coefficient (Wildman–Crippen LogP) is 3.46. The third-order valence-corrected chi connectivity index (χ3v) is 5.52. The zero-order valence-electron chi connectivity index (χ0n) is 19.6. The first-order valence-corrected chi connectivity index (χ1v) is 10.7. The molecule has 33 heavy (non-hydrogen) atoms. The number of carbonyl (C=O) groups is 1. The average Bonchev–Trinajstić information content (AvgIpc) is 2.82. The van der Waals surface area contributed by atoms with Crippen molar-refractivity contribution in [1.29, 1.82) is 0 Å². The fourth-order valence-electron chi connectivity index (χ4n) is 3.45. The maximum Gasteiger partial charge on any atom is 0.330 e. The third-order valence-electron chi connectivity index (χ3n) is 5.52. The molecule has 1 amide bonds. The Kier molecular flexibility index (Phi) is 7.33. The second kappa shape index (κ2) is 10.2. The van der Waals surface area contributed by atoms with Gasteiger partial charge in [-0.05, 0) is 47.4 Å². The van der Waals surface area contributed by atoms with Crippen LogP contribution in [0.15, 0.2) is 70.4 Å². The number of aromatic nitrogens is 2. The molecular weight excluding hydrogens is 418 g/mol. The Morgan fingerprint density at radius 2 is 1.67 bits per heavy atom. The molecule has 0 bridgehead atoms. The quantitative estimate of drug-likeness (QED) is 0.520. The van der Waals surface area contributed by atoms with Crippen molar-refractivity contribution in [2.45, 2.75) is 26.3 Å². The van der Waals surface area contributed by atoms with E-state index in [0.717, 1.165) is 10.1 Å². The summed E-state index contributed by atoms with van der Waals surface area (Å²) in [5.74, 6) is 0.825. The third kappa shape index (κ3) is 5.49. The van der Waals surface area contributed by atoms with Crippen LogP contribution in [0.5, 0.6) is 5.75 Å². The van der Waals surface area contributed by atoms with E-state index in [1.165, 1.54) is 35.5 Å². The molecule has 0 N–H and O–H groups in total. The van der Waals surface area contributed by atoms with Gasteiger partial charge in [0.05, 0.1) is 19.2 Å². The van der Waals surface area contributed by atoms with Crippen molar-refractivity contribution in [3.63, 3.8) is 0 Å². The summed E-state index contributed by atoms with van der Waals surface area (Å²) in [5.41, 5.74) is 2.28. The first kappa shape index (κ1) is 23.8. The zero-order valence-corrected chi connectivity index (χ0v) is 19.6. The van der Waals surface area contributed by atoms with Crippen LogP contribution in [0.3, 0.4) is 0 Å². The van der Waals surface area contributed by atoms with Gasteiger partial charge in [0.2, 0.25) is 0 Å². The van der Waals surface area contributed by atoms with Gasteiger partial charge in [-0.1, -0.05) is 38.1 Å². The van der Waals surface area contributed by atoms with Gasteiger partial charge in [0, 0.05) is 32.1 Å². The highest BCUT2D eigenvalue weighted by molar-refractivity contribution is 6.03. The van der Waals surface area contributed by atoms with Crippen LogP contribution in [0.2, 0.25) is 0 Å². The van der Waals surface area contributed by atoms with Gasteiger partial charge in [-0.2, -0.15) is 0 Å². The summed E-state index contributed by atoms with van der Waals surface area (Å²) in [6.07, 6.45) is 4.23. The molecule has 0 saturated carbocycles. The van der Waals surface area contributed by atoms with Crippen LogP contribution < -0.4 is 20.9 Å². The topological polar surface area (TPSA) is 73.5 Å². The number of rotatable bonds is 7. The molecule has 0 spiro atoms. The summed E-state index contributed by atoms with van der Waals surface area (Å²) in [7, 11) is 4.56. The van der Waals surface area contributed by atoms with E-state index in [1.807, 2.05) is 24.3 Å². The molecule has 172 valence electrons. The van der Waals surface area contributed by atoms with Crippen LogP contribution in [0, 0.1) is 0 Å². The van der Waals surface area contributed by atoms with E-state index in [0.29, 0.717) is 23.9 Å². The van der Waals surface area contributed by atoms with E-state index in [9.17, 15) is 14.4 Å². The van der Waals surface area contributed by atoms with Gasteiger partial charge in [0.1, 0.15) is 5.75 Å². The van der Waals surface area contributed by atoms with E-state index in [4.69, 9.17) is 4.74 Å². The van der Waals surface area contributed by atoms with Gasteiger partial charge in [0.25, 0.3) is 11.5 Å². The SMILES string of the molecule is COc1ccc(N(Cc2ccc(C(C)C)cc2)C(=O)/C=C/c2cn(C)c(=O)n(C)c2=O)cc1. The Morgan fingerprint density at radius 1 is 1.03 bits per heavy atom. The summed E-state index contributed by atoms with van der Waals surface area (Å²) in [5, 5.41) is 0. The van der Waals surface area contributed by atoms with Crippen molar-refractivity contribution >= 4 is 17.7 Å². The lowest BCUT2D eigenvalue weighted by Crippen LogP contribution is -2.37. The van der Waals surface area contributed by atoms with Crippen LogP contribution in [0.1, 0.15) is 36.5 Å². The van der Waals surface area contributed by atoms with E-state index in [-0.39, 0.29) is 11.5 Å². The van der Waals surface area contributed by atoms with Crippen molar-refractivity contribution in [2.75, 3.05) is 12.0 Å². The van der Waals surface area contributed by atoms with Crippen molar-refractivity contribution < 1.29 is 9.53 Å².